The van der Waals surface area contributed by atoms with Crippen molar-refractivity contribution in [3.8, 4) is 0 Å². The number of furan rings is 1. The summed E-state index contributed by atoms with van der Waals surface area (Å²) in [5.41, 5.74) is 2.21. The Morgan fingerprint density at radius 3 is 2.39 bits per heavy atom. The van der Waals surface area contributed by atoms with Crippen LogP contribution in [0, 0.1) is 0 Å². The summed E-state index contributed by atoms with van der Waals surface area (Å²) >= 11 is 0. The lowest BCUT2D eigenvalue weighted by molar-refractivity contribution is -0.119. The lowest BCUT2D eigenvalue weighted by Gasteiger charge is -2.12. The molecule has 0 aliphatic carbocycles. The molecule has 0 radical (unpaired) electrons. The number of rotatable bonds is 8. The summed E-state index contributed by atoms with van der Waals surface area (Å²) in [5.74, 6) is -1.12. The van der Waals surface area contributed by atoms with Crippen molar-refractivity contribution >= 4 is 29.2 Å². The van der Waals surface area contributed by atoms with Crippen LogP contribution in [-0.2, 0) is 9.53 Å². The van der Waals surface area contributed by atoms with Gasteiger partial charge in [-0.15, -0.1) is 0 Å². The van der Waals surface area contributed by atoms with Crippen LogP contribution in [0.25, 0.3) is 0 Å². The molecule has 1 heterocycles. The normalized spacial score (nSPS) is 11.4. The predicted molar refractivity (Wildman–Crippen MR) is 117 cm³/mol. The Morgan fingerprint density at radius 2 is 1.71 bits per heavy atom. The van der Waals surface area contributed by atoms with Gasteiger partial charge in [0.25, 0.3) is 11.8 Å². The lowest BCUT2D eigenvalue weighted by atomic mass is 9.99. The molecule has 0 aliphatic rings. The molecule has 0 bridgehead atoms. The second kappa shape index (κ2) is 10.2. The molecule has 0 saturated heterocycles. The van der Waals surface area contributed by atoms with Crippen molar-refractivity contribution in [2.24, 2.45) is 0 Å². The van der Waals surface area contributed by atoms with E-state index in [0.717, 1.165) is 6.42 Å². The molecule has 1 aromatic heterocycles. The number of esters is 1. The molecule has 3 rings (SSSR count). The van der Waals surface area contributed by atoms with Gasteiger partial charge in [0.05, 0.1) is 17.5 Å². The van der Waals surface area contributed by atoms with E-state index in [1.165, 1.54) is 24.0 Å². The largest absolute Gasteiger partial charge is 0.459 e. The molecule has 2 N–H and O–H groups in total. The summed E-state index contributed by atoms with van der Waals surface area (Å²) in [5, 5.41) is 5.31. The zero-order valence-electron chi connectivity index (χ0n) is 17.4. The standard InChI is InChI=1S/C24H24N2O5/c1-3-16(2)17-10-12-18(13-11-17)25-22(27)15-31-24(29)19-7-4-5-8-20(19)26-23(28)21-9-6-14-30-21/h4-14,16H,3,15H2,1-2H3,(H,25,27)(H,26,28)/t16-/m1/s1. The fraction of sp³-hybridized carbons (Fsp3) is 0.208. The van der Waals surface area contributed by atoms with Crippen LogP contribution < -0.4 is 10.6 Å². The maximum atomic E-state index is 12.5. The Balaban J connectivity index is 1.57. The first-order valence-electron chi connectivity index (χ1n) is 9.98. The Hall–Kier alpha value is -3.87. The number of benzene rings is 2. The van der Waals surface area contributed by atoms with Gasteiger partial charge in [-0.3, -0.25) is 9.59 Å². The molecule has 7 nitrogen and oxygen atoms in total. The first-order chi connectivity index (χ1) is 15.0. The number of para-hydroxylation sites is 1. The van der Waals surface area contributed by atoms with Gasteiger partial charge in [0, 0.05) is 5.69 Å². The van der Waals surface area contributed by atoms with E-state index < -0.39 is 24.4 Å². The van der Waals surface area contributed by atoms with Gasteiger partial charge in [-0.2, -0.15) is 0 Å². The second-order valence-corrected chi connectivity index (χ2v) is 7.03. The number of carbonyl (C=O) groups excluding carboxylic acids is 3. The van der Waals surface area contributed by atoms with E-state index in [2.05, 4.69) is 24.5 Å². The van der Waals surface area contributed by atoms with Crippen LogP contribution in [0.15, 0.2) is 71.3 Å². The van der Waals surface area contributed by atoms with E-state index in [9.17, 15) is 14.4 Å². The zero-order chi connectivity index (χ0) is 22.2. The van der Waals surface area contributed by atoms with Gasteiger partial charge < -0.3 is 19.8 Å². The van der Waals surface area contributed by atoms with Crippen LogP contribution in [0.5, 0.6) is 0 Å². The molecular formula is C24H24N2O5. The minimum absolute atomic E-state index is 0.113. The Labute approximate surface area is 180 Å². The highest BCUT2D eigenvalue weighted by Crippen LogP contribution is 2.21. The SMILES string of the molecule is CC[C@@H](C)c1ccc(NC(=O)COC(=O)c2ccccc2NC(=O)c2ccco2)cc1. The number of amides is 2. The van der Waals surface area contributed by atoms with Crippen molar-refractivity contribution in [1.29, 1.82) is 0 Å². The highest BCUT2D eigenvalue weighted by atomic mass is 16.5. The van der Waals surface area contributed by atoms with Crippen LogP contribution in [0.3, 0.4) is 0 Å². The van der Waals surface area contributed by atoms with Crippen molar-refractivity contribution in [2.45, 2.75) is 26.2 Å². The summed E-state index contributed by atoms with van der Waals surface area (Å²) in [6.45, 7) is 3.81. The fourth-order valence-electron chi connectivity index (χ4n) is 2.90. The Morgan fingerprint density at radius 1 is 0.968 bits per heavy atom. The van der Waals surface area contributed by atoms with Crippen LogP contribution in [0.4, 0.5) is 11.4 Å². The molecule has 2 amide bonds. The maximum absolute atomic E-state index is 12.5. The number of ether oxygens (including phenoxy) is 1. The van der Waals surface area contributed by atoms with Gasteiger partial charge in [-0.25, -0.2) is 4.79 Å². The minimum Gasteiger partial charge on any atom is -0.459 e. The van der Waals surface area contributed by atoms with Crippen molar-refractivity contribution in [3.63, 3.8) is 0 Å². The molecule has 0 spiro atoms. The average molecular weight is 420 g/mol. The molecule has 2 aromatic carbocycles. The highest BCUT2D eigenvalue weighted by Gasteiger charge is 2.17. The van der Waals surface area contributed by atoms with E-state index in [0.29, 0.717) is 11.6 Å². The minimum atomic E-state index is -0.724. The first kappa shape index (κ1) is 21.8. The Bertz CT molecular complexity index is 1040. The third-order valence-corrected chi connectivity index (χ3v) is 4.85. The van der Waals surface area contributed by atoms with Gasteiger partial charge in [0.1, 0.15) is 0 Å². The van der Waals surface area contributed by atoms with Gasteiger partial charge in [-0.05, 0) is 54.3 Å². The molecule has 3 aromatic rings. The molecule has 31 heavy (non-hydrogen) atoms. The van der Waals surface area contributed by atoms with Crippen molar-refractivity contribution < 1.29 is 23.5 Å². The van der Waals surface area contributed by atoms with Crippen LogP contribution in [0.2, 0.25) is 0 Å². The van der Waals surface area contributed by atoms with E-state index >= 15 is 0 Å². The predicted octanol–water partition coefficient (Wildman–Crippen LogP) is 4.84. The van der Waals surface area contributed by atoms with Crippen LogP contribution in [0.1, 0.15) is 52.7 Å². The number of hydrogen-bond acceptors (Lipinski definition) is 5. The smallest absolute Gasteiger partial charge is 0.340 e. The summed E-state index contributed by atoms with van der Waals surface area (Å²) in [6.07, 6.45) is 2.41. The molecule has 0 unspecified atom stereocenters. The molecule has 0 aliphatic heterocycles. The molecular weight excluding hydrogens is 396 g/mol. The zero-order valence-corrected chi connectivity index (χ0v) is 17.4. The van der Waals surface area contributed by atoms with Crippen molar-refractivity contribution in [1.82, 2.24) is 0 Å². The average Bonchev–Trinajstić information content (AvgIpc) is 3.33. The highest BCUT2D eigenvalue weighted by molar-refractivity contribution is 6.07. The van der Waals surface area contributed by atoms with Gasteiger partial charge >= 0.3 is 5.97 Å². The monoisotopic (exact) mass is 420 g/mol. The summed E-state index contributed by atoms with van der Waals surface area (Å²) in [4.78, 5) is 36.8. The molecule has 7 heteroatoms. The summed E-state index contributed by atoms with van der Waals surface area (Å²) < 4.78 is 10.2. The number of nitrogens with one attached hydrogen (secondary N) is 2. The molecule has 0 saturated carbocycles. The quantitative estimate of drug-likeness (QED) is 0.508. The van der Waals surface area contributed by atoms with E-state index in [4.69, 9.17) is 9.15 Å². The molecule has 1 atom stereocenters. The van der Waals surface area contributed by atoms with Crippen LogP contribution >= 0.6 is 0 Å². The van der Waals surface area contributed by atoms with E-state index in [1.807, 2.05) is 24.3 Å². The number of hydrogen-bond donors (Lipinski definition) is 2. The third kappa shape index (κ3) is 5.82. The summed E-state index contributed by atoms with van der Waals surface area (Å²) in [7, 11) is 0. The van der Waals surface area contributed by atoms with Gasteiger partial charge in [0.2, 0.25) is 0 Å². The van der Waals surface area contributed by atoms with Crippen molar-refractivity contribution in [2.75, 3.05) is 17.2 Å². The number of carbonyl (C=O) groups is 3. The van der Waals surface area contributed by atoms with E-state index in [-0.39, 0.29) is 17.0 Å². The van der Waals surface area contributed by atoms with E-state index in [1.54, 1.807) is 24.3 Å². The molecule has 0 fully saturated rings. The van der Waals surface area contributed by atoms with Crippen molar-refractivity contribution in [3.05, 3.63) is 83.8 Å². The molecule has 160 valence electrons. The number of anilines is 2. The van der Waals surface area contributed by atoms with Crippen LogP contribution in [-0.4, -0.2) is 24.4 Å². The summed E-state index contributed by atoms with van der Waals surface area (Å²) in [6, 6.07) is 17.1. The fourth-order valence-corrected chi connectivity index (χ4v) is 2.90. The topological polar surface area (TPSA) is 97.6 Å². The Kier molecular flexibility index (Phi) is 7.22. The third-order valence-electron chi connectivity index (χ3n) is 4.85. The van der Waals surface area contributed by atoms with Gasteiger partial charge in [-0.1, -0.05) is 38.1 Å². The lowest BCUT2D eigenvalue weighted by Crippen LogP contribution is -2.22. The second-order valence-electron chi connectivity index (χ2n) is 7.03. The first-order valence-corrected chi connectivity index (χ1v) is 9.98. The van der Waals surface area contributed by atoms with Gasteiger partial charge in [0.15, 0.2) is 12.4 Å². The maximum Gasteiger partial charge on any atom is 0.340 e.